The summed E-state index contributed by atoms with van der Waals surface area (Å²) in [6.45, 7) is 1.85. The third-order valence-corrected chi connectivity index (χ3v) is 5.12. The third kappa shape index (κ3) is 6.38. The highest BCUT2D eigenvalue weighted by Gasteiger charge is 2.22. The van der Waals surface area contributed by atoms with Gasteiger partial charge in [-0.2, -0.15) is 0 Å². The van der Waals surface area contributed by atoms with Gasteiger partial charge in [-0.25, -0.2) is 4.79 Å². The Kier molecular flexibility index (Phi) is 8.44. The number of hydrogen-bond donors (Lipinski definition) is 1. The number of nitrogen functional groups attached to an aromatic ring is 1. The Bertz CT molecular complexity index is 1300. The van der Waals surface area contributed by atoms with Crippen LogP contribution in [0.3, 0.4) is 0 Å². The fourth-order valence-electron chi connectivity index (χ4n) is 3.31. The summed E-state index contributed by atoms with van der Waals surface area (Å²) in [5, 5.41) is 0. The van der Waals surface area contributed by atoms with Crippen LogP contribution in [0, 0.1) is 0 Å². The van der Waals surface area contributed by atoms with Crippen molar-refractivity contribution in [1.29, 1.82) is 0 Å². The van der Waals surface area contributed by atoms with Gasteiger partial charge < -0.3 is 19.9 Å². The van der Waals surface area contributed by atoms with Gasteiger partial charge in [-0.3, -0.25) is 23.5 Å². The van der Waals surface area contributed by atoms with E-state index in [2.05, 4.69) is 0 Å². The normalized spacial score (nSPS) is 10.6. The molecule has 0 spiro atoms. The van der Waals surface area contributed by atoms with E-state index in [4.69, 9.17) is 19.9 Å². The molecule has 0 saturated carbocycles. The van der Waals surface area contributed by atoms with E-state index in [1.807, 2.05) is 13.0 Å². The predicted octanol–water partition coefficient (Wildman–Crippen LogP) is 1.77. The molecule has 0 aliphatic rings. The molecule has 0 saturated heterocycles. The topological polar surface area (TPSA) is 132 Å². The van der Waals surface area contributed by atoms with E-state index >= 15 is 0 Å². The van der Waals surface area contributed by atoms with Crippen molar-refractivity contribution >= 4 is 17.6 Å². The minimum Gasteiger partial charge on any atom is -0.494 e. The predicted molar refractivity (Wildman–Crippen MR) is 129 cm³/mol. The van der Waals surface area contributed by atoms with Gasteiger partial charge in [0.15, 0.2) is 6.61 Å². The standard InChI is InChI=1S/C25H27N3O7/c1-3-33-18-9-11-19(12-10-18)34-14-13-21(30)35-16-20(29)22-23(26)28(25(32)27(2)24(22)31)15-17-7-5-4-6-8-17/h4-12H,3,13-16,26H2,1-2H3. The summed E-state index contributed by atoms with van der Waals surface area (Å²) >= 11 is 0. The lowest BCUT2D eigenvalue weighted by Crippen LogP contribution is -2.43. The van der Waals surface area contributed by atoms with E-state index in [0.717, 1.165) is 14.7 Å². The number of benzene rings is 2. The highest BCUT2D eigenvalue weighted by atomic mass is 16.5. The second-order valence-electron chi connectivity index (χ2n) is 7.57. The molecule has 3 aromatic rings. The molecule has 1 heterocycles. The van der Waals surface area contributed by atoms with Crippen LogP contribution in [0.1, 0.15) is 29.3 Å². The van der Waals surface area contributed by atoms with Crippen LogP contribution in [0.15, 0.2) is 64.2 Å². The van der Waals surface area contributed by atoms with Gasteiger partial charge in [0.1, 0.15) is 22.9 Å². The van der Waals surface area contributed by atoms with Gasteiger partial charge >= 0.3 is 11.7 Å². The first-order valence-corrected chi connectivity index (χ1v) is 11.0. The van der Waals surface area contributed by atoms with E-state index in [1.54, 1.807) is 48.5 Å². The number of Topliss-reactive ketones (excluding diaryl/α,β-unsaturated/α-hetero) is 1. The zero-order valence-corrected chi connectivity index (χ0v) is 19.6. The molecule has 2 aromatic carbocycles. The van der Waals surface area contributed by atoms with Crippen molar-refractivity contribution in [1.82, 2.24) is 9.13 Å². The van der Waals surface area contributed by atoms with Crippen LogP contribution < -0.4 is 26.5 Å². The van der Waals surface area contributed by atoms with Crippen LogP contribution in [-0.4, -0.2) is 40.7 Å². The number of ketones is 1. The lowest BCUT2D eigenvalue weighted by molar-refractivity contribution is -0.143. The van der Waals surface area contributed by atoms with Crippen LogP contribution in [0.25, 0.3) is 0 Å². The van der Waals surface area contributed by atoms with Gasteiger partial charge in [0.2, 0.25) is 5.78 Å². The maximum Gasteiger partial charge on any atom is 0.332 e. The van der Waals surface area contributed by atoms with Crippen molar-refractivity contribution in [3.05, 3.63) is 86.6 Å². The molecule has 0 radical (unpaired) electrons. The van der Waals surface area contributed by atoms with Crippen molar-refractivity contribution in [2.24, 2.45) is 7.05 Å². The largest absolute Gasteiger partial charge is 0.494 e. The molecule has 3 rings (SSSR count). The van der Waals surface area contributed by atoms with E-state index < -0.39 is 35.2 Å². The van der Waals surface area contributed by atoms with Gasteiger partial charge in [0.05, 0.1) is 26.2 Å². The summed E-state index contributed by atoms with van der Waals surface area (Å²) in [6.07, 6.45) is -0.110. The number of aromatic nitrogens is 2. The van der Waals surface area contributed by atoms with Gasteiger partial charge in [-0.05, 0) is 36.8 Å². The first-order valence-electron chi connectivity index (χ1n) is 11.0. The SMILES string of the molecule is CCOc1ccc(OCCC(=O)OCC(=O)c2c(N)n(Cc3ccccc3)c(=O)n(C)c2=O)cc1. The Morgan fingerprint density at radius 2 is 1.57 bits per heavy atom. The van der Waals surface area contributed by atoms with E-state index in [-0.39, 0.29) is 25.4 Å². The smallest absolute Gasteiger partial charge is 0.332 e. The second kappa shape index (κ2) is 11.7. The number of ether oxygens (including phenoxy) is 3. The van der Waals surface area contributed by atoms with Crippen LogP contribution in [0.2, 0.25) is 0 Å². The number of rotatable bonds is 11. The molecule has 2 N–H and O–H groups in total. The maximum atomic E-state index is 12.7. The van der Waals surface area contributed by atoms with E-state index in [9.17, 15) is 19.2 Å². The number of carbonyl (C=O) groups excluding carboxylic acids is 2. The average molecular weight is 482 g/mol. The molecule has 10 nitrogen and oxygen atoms in total. The molecule has 10 heteroatoms. The van der Waals surface area contributed by atoms with Crippen LogP contribution in [0.4, 0.5) is 5.82 Å². The monoisotopic (exact) mass is 481 g/mol. The lowest BCUT2D eigenvalue weighted by Gasteiger charge is -2.14. The number of nitrogens with two attached hydrogens (primary N) is 1. The molecule has 0 bridgehead atoms. The maximum absolute atomic E-state index is 12.7. The molecule has 0 atom stereocenters. The van der Waals surface area contributed by atoms with Crippen LogP contribution in [0.5, 0.6) is 11.5 Å². The van der Waals surface area contributed by atoms with Crippen molar-refractivity contribution in [2.75, 3.05) is 25.6 Å². The zero-order valence-electron chi connectivity index (χ0n) is 19.6. The molecule has 0 aliphatic heterocycles. The highest BCUT2D eigenvalue weighted by Crippen LogP contribution is 2.17. The summed E-state index contributed by atoms with van der Waals surface area (Å²) in [4.78, 5) is 49.9. The molecule has 0 fully saturated rings. The molecule has 184 valence electrons. The highest BCUT2D eigenvalue weighted by molar-refractivity contribution is 6.01. The fraction of sp³-hybridized carbons (Fsp3) is 0.280. The molecule has 0 aliphatic carbocycles. The molecule has 0 unspecified atom stereocenters. The van der Waals surface area contributed by atoms with Crippen molar-refractivity contribution in [3.8, 4) is 11.5 Å². The Morgan fingerprint density at radius 3 is 2.20 bits per heavy atom. The third-order valence-electron chi connectivity index (χ3n) is 5.12. The van der Waals surface area contributed by atoms with Gasteiger partial charge in [0, 0.05) is 7.05 Å². The first kappa shape index (κ1) is 25.3. The Hall–Kier alpha value is -4.34. The number of hydrogen-bond acceptors (Lipinski definition) is 8. The summed E-state index contributed by atoms with van der Waals surface area (Å²) < 4.78 is 17.8. The van der Waals surface area contributed by atoms with E-state index in [1.165, 1.54) is 7.05 Å². The molecule has 0 amide bonds. The zero-order chi connectivity index (χ0) is 25.4. The summed E-state index contributed by atoms with van der Waals surface area (Å²) in [6, 6.07) is 15.9. The molecule has 1 aromatic heterocycles. The van der Waals surface area contributed by atoms with Gasteiger partial charge in [0.25, 0.3) is 5.56 Å². The fourth-order valence-corrected chi connectivity index (χ4v) is 3.31. The van der Waals surface area contributed by atoms with Crippen molar-refractivity contribution in [3.63, 3.8) is 0 Å². The van der Waals surface area contributed by atoms with Crippen molar-refractivity contribution in [2.45, 2.75) is 19.9 Å². The molecular weight excluding hydrogens is 454 g/mol. The quantitative estimate of drug-likeness (QED) is 0.324. The summed E-state index contributed by atoms with van der Waals surface area (Å²) in [5.74, 6) is -0.502. The van der Waals surface area contributed by atoms with Gasteiger partial charge in [-0.1, -0.05) is 30.3 Å². The van der Waals surface area contributed by atoms with Crippen LogP contribution in [-0.2, 0) is 23.1 Å². The second-order valence-corrected chi connectivity index (χ2v) is 7.57. The summed E-state index contributed by atoms with van der Waals surface area (Å²) in [5.41, 5.74) is 4.90. The average Bonchev–Trinajstić information content (AvgIpc) is 2.86. The lowest BCUT2D eigenvalue weighted by atomic mass is 10.2. The minimum absolute atomic E-state index is 0.0346. The number of esters is 1. The Balaban J connectivity index is 1.61. The Labute approximate surface area is 201 Å². The van der Waals surface area contributed by atoms with Crippen LogP contribution >= 0.6 is 0 Å². The summed E-state index contributed by atoms with van der Waals surface area (Å²) in [7, 11) is 1.26. The first-order chi connectivity index (χ1) is 16.8. The minimum atomic E-state index is -0.850. The number of carbonyl (C=O) groups is 2. The van der Waals surface area contributed by atoms with Crippen molar-refractivity contribution < 1.29 is 23.8 Å². The van der Waals surface area contributed by atoms with Gasteiger partial charge in [-0.15, -0.1) is 0 Å². The molecule has 35 heavy (non-hydrogen) atoms. The molecular formula is C25H27N3O7. The van der Waals surface area contributed by atoms with E-state index in [0.29, 0.717) is 18.1 Å². The number of nitrogens with zero attached hydrogens (tertiary/aromatic N) is 2. The Morgan fingerprint density at radius 1 is 0.943 bits per heavy atom. The number of anilines is 1.